The van der Waals surface area contributed by atoms with Gasteiger partial charge in [-0.15, -0.1) is 0 Å². The lowest BCUT2D eigenvalue weighted by Gasteiger charge is -2.14. The number of aliphatic hydroxyl groups is 1. The molecule has 0 spiro atoms. The van der Waals surface area contributed by atoms with Crippen molar-refractivity contribution in [1.29, 1.82) is 5.26 Å². The molecule has 20 heavy (non-hydrogen) atoms. The minimum absolute atomic E-state index is 0.117. The lowest BCUT2D eigenvalue weighted by molar-refractivity contribution is 0.106. The van der Waals surface area contributed by atoms with Crippen LogP contribution in [0.3, 0.4) is 0 Å². The van der Waals surface area contributed by atoms with Crippen molar-refractivity contribution < 1.29 is 14.6 Å². The molecule has 2 aromatic rings. The molecule has 1 atom stereocenters. The maximum Gasteiger partial charge on any atom is 0.162 e. The molecule has 0 amide bonds. The van der Waals surface area contributed by atoms with Gasteiger partial charge < -0.3 is 14.6 Å². The van der Waals surface area contributed by atoms with Gasteiger partial charge in [0.05, 0.1) is 18.7 Å². The Morgan fingerprint density at radius 1 is 1.15 bits per heavy atom. The third-order valence-electron chi connectivity index (χ3n) is 2.87. The van der Waals surface area contributed by atoms with Crippen LogP contribution in [-0.2, 0) is 0 Å². The number of nitrogens with zero attached hydrogens (tertiary/aromatic N) is 1. The quantitative estimate of drug-likeness (QED) is 0.906. The van der Waals surface area contributed by atoms with Gasteiger partial charge in [-0.2, -0.15) is 5.26 Å². The molecule has 102 valence electrons. The molecule has 2 rings (SSSR count). The molecule has 2 aromatic carbocycles. The molecular formula is C16H15NO3. The molecule has 1 N–H and O–H groups in total. The topological polar surface area (TPSA) is 62.5 Å². The van der Waals surface area contributed by atoms with Crippen molar-refractivity contribution in [3.63, 3.8) is 0 Å². The van der Waals surface area contributed by atoms with E-state index in [1.165, 1.54) is 7.11 Å². The van der Waals surface area contributed by atoms with Crippen molar-refractivity contribution >= 4 is 0 Å². The third kappa shape index (κ3) is 3.28. The highest BCUT2D eigenvalue weighted by molar-refractivity contribution is 5.46. The van der Waals surface area contributed by atoms with Crippen LogP contribution in [-0.4, -0.2) is 18.8 Å². The van der Waals surface area contributed by atoms with Crippen molar-refractivity contribution in [1.82, 2.24) is 0 Å². The molecule has 0 aliphatic carbocycles. The van der Waals surface area contributed by atoms with Gasteiger partial charge in [-0.25, -0.2) is 0 Å². The van der Waals surface area contributed by atoms with Crippen LogP contribution in [0.15, 0.2) is 48.5 Å². The Kier molecular flexibility index (Phi) is 4.59. The van der Waals surface area contributed by atoms with Gasteiger partial charge in [-0.3, -0.25) is 0 Å². The lowest BCUT2D eigenvalue weighted by atomic mass is 10.1. The van der Waals surface area contributed by atoms with Crippen LogP contribution >= 0.6 is 0 Å². The number of hydrogen-bond acceptors (Lipinski definition) is 4. The summed E-state index contributed by atoms with van der Waals surface area (Å²) in [5.41, 5.74) is 1.29. The average Bonchev–Trinajstić information content (AvgIpc) is 2.53. The van der Waals surface area contributed by atoms with E-state index in [1.54, 1.807) is 18.2 Å². The first-order chi connectivity index (χ1) is 9.74. The highest BCUT2D eigenvalue weighted by Gasteiger charge is 2.11. The molecule has 0 aromatic heterocycles. The Labute approximate surface area is 117 Å². The van der Waals surface area contributed by atoms with Crippen molar-refractivity contribution in [2.45, 2.75) is 6.10 Å². The molecule has 0 fully saturated rings. The van der Waals surface area contributed by atoms with E-state index in [0.29, 0.717) is 17.1 Å². The molecule has 0 bridgehead atoms. The minimum atomic E-state index is -0.712. The van der Waals surface area contributed by atoms with E-state index in [2.05, 4.69) is 0 Å². The Balaban J connectivity index is 2.06. The Bertz CT molecular complexity index is 605. The summed E-state index contributed by atoms with van der Waals surface area (Å²) in [6.07, 6.45) is -0.712. The second kappa shape index (κ2) is 6.60. The number of nitriles is 1. The number of methoxy groups -OCH3 is 1. The van der Waals surface area contributed by atoms with E-state index in [1.807, 2.05) is 36.4 Å². The second-order valence-electron chi connectivity index (χ2n) is 4.21. The minimum Gasteiger partial charge on any atom is -0.493 e. The van der Waals surface area contributed by atoms with Crippen molar-refractivity contribution in [3.8, 4) is 17.6 Å². The first-order valence-corrected chi connectivity index (χ1v) is 6.18. The second-order valence-corrected chi connectivity index (χ2v) is 4.21. The van der Waals surface area contributed by atoms with E-state index in [-0.39, 0.29) is 6.61 Å². The summed E-state index contributed by atoms with van der Waals surface area (Å²) < 4.78 is 10.7. The molecule has 0 aliphatic rings. The number of hydrogen-bond donors (Lipinski definition) is 1. The van der Waals surface area contributed by atoms with Crippen LogP contribution in [0.2, 0.25) is 0 Å². The summed E-state index contributed by atoms with van der Waals surface area (Å²) in [6, 6.07) is 16.2. The number of ether oxygens (including phenoxy) is 2. The van der Waals surface area contributed by atoms with E-state index in [0.717, 1.165) is 5.56 Å². The standard InChI is InChI=1S/C16H15NO3/c1-19-16-9-12(10-17)7-8-15(16)20-11-14(18)13-5-3-2-4-6-13/h2-9,14,18H,11H2,1H3. The van der Waals surface area contributed by atoms with Crippen LogP contribution in [0.1, 0.15) is 17.2 Å². The Morgan fingerprint density at radius 3 is 2.55 bits per heavy atom. The van der Waals surface area contributed by atoms with Gasteiger partial charge in [0.1, 0.15) is 12.7 Å². The molecule has 0 heterocycles. The smallest absolute Gasteiger partial charge is 0.162 e. The van der Waals surface area contributed by atoms with Gasteiger partial charge in [0.15, 0.2) is 11.5 Å². The zero-order valence-electron chi connectivity index (χ0n) is 11.1. The fourth-order valence-corrected chi connectivity index (χ4v) is 1.80. The Morgan fingerprint density at radius 2 is 1.90 bits per heavy atom. The average molecular weight is 269 g/mol. The maximum absolute atomic E-state index is 10.0. The first kappa shape index (κ1) is 13.9. The molecule has 0 saturated heterocycles. The summed E-state index contributed by atoms with van der Waals surface area (Å²) in [5, 5.41) is 18.9. The van der Waals surface area contributed by atoms with Gasteiger partial charge in [-0.1, -0.05) is 30.3 Å². The van der Waals surface area contributed by atoms with Crippen molar-refractivity contribution in [3.05, 3.63) is 59.7 Å². The predicted molar refractivity (Wildman–Crippen MR) is 74.6 cm³/mol. The van der Waals surface area contributed by atoms with Gasteiger partial charge >= 0.3 is 0 Å². The lowest BCUT2D eigenvalue weighted by Crippen LogP contribution is -2.10. The summed E-state index contributed by atoms with van der Waals surface area (Å²) in [7, 11) is 1.51. The Hall–Kier alpha value is -2.51. The molecule has 0 aliphatic heterocycles. The van der Waals surface area contributed by atoms with Crippen LogP contribution < -0.4 is 9.47 Å². The normalized spacial score (nSPS) is 11.4. The molecule has 0 saturated carbocycles. The van der Waals surface area contributed by atoms with Gasteiger partial charge in [0.2, 0.25) is 0 Å². The van der Waals surface area contributed by atoms with Gasteiger partial charge in [-0.05, 0) is 17.7 Å². The molecule has 0 radical (unpaired) electrons. The van der Waals surface area contributed by atoms with Crippen LogP contribution in [0, 0.1) is 11.3 Å². The fraction of sp³-hybridized carbons (Fsp3) is 0.188. The fourth-order valence-electron chi connectivity index (χ4n) is 1.80. The van der Waals surface area contributed by atoms with E-state index in [4.69, 9.17) is 14.7 Å². The summed E-state index contributed by atoms with van der Waals surface area (Å²) >= 11 is 0. The van der Waals surface area contributed by atoms with E-state index in [9.17, 15) is 5.11 Å². The summed E-state index contributed by atoms with van der Waals surface area (Å²) in [4.78, 5) is 0. The first-order valence-electron chi connectivity index (χ1n) is 6.18. The summed E-state index contributed by atoms with van der Waals surface area (Å²) in [6.45, 7) is 0.117. The highest BCUT2D eigenvalue weighted by atomic mass is 16.5. The monoisotopic (exact) mass is 269 g/mol. The van der Waals surface area contributed by atoms with E-state index < -0.39 is 6.10 Å². The number of rotatable bonds is 5. The van der Waals surface area contributed by atoms with E-state index >= 15 is 0 Å². The number of benzene rings is 2. The van der Waals surface area contributed by atoms with Crippen LogP contribution in [0.4, 0.5) is 0 Å². The van der Waals surface area contributed by atoms with Gasteiger partial charge in [0, 0.05) is 6.07 Å². The molecule has 4 nitrogen and oxygen atoms in total. The maximum atomic E-state index is 10.0. The zero-order valence-corrected chi connectivity index (χ0v) is 11.1. The molecule has 1 unspecified atom stereocenters. The summed E-state index contributed by atoms with van der Waals surface area (Å²) in [5.74, 6) is 0.978. The molecular weight excluding hydrogens is 254 g/mol. The largest absolute Gasteiger partial charge is 0.493 e. The third-order valence-corrected chi connectivity index (χ3v) is 2.87. The zero-order chi connectivity index (χ0) is 14.4. The SMILES string of the molecule is COc1cc(C#N)ccc1OCC(O)c1ccccc1. The van der Waals surface area contributed by atoms with Crippen LogP contribution in [0.5, 0.6) is 11.5 Å². The van der Waals surface area contributed by atoms with Crippen molar-refractivity contribution in [2.24, 2.45) is 0 Å². The molecule has 4 heteroatoms. The highest BCUT2D eigenvalue weighted by Crippen LogP contribution is 2.28. The van der Waals surface area contributed by atoms with Crippen molar-refractivity contribution in [2.75, 3.05) is 13.7 Å². The number of aliphatic hydroxyl groups excluding tert-OH is 1. The predicted octanol–water partition coefficient (Wildman–Crippen LogP) is 2.68. The van der Waals surface area contributed by atoms with Gasteiger partial charge in [0.25, 0.3) is 0 Å². The van der Waals surface area contributed by atoms with Crippen LogP contribution in [0.25, 0.3) is 0 Å².